The van der Waals surface area contributed by atoms with Crippen LogP contribution in [0, 0.1) is 0 Å². The Labute approximate surface area is 154 Å². The first-order valence-electron chi connectivity index (χ1n) is 9.52. The zero-order valence-electron chi connectivity index (χ0n) is 14.9. The van der Waals surface area contributed by atoms with Crippen LogP contribution >= 0.6 is 11.8 Å². The van der Waals surface area contributed by atoms with E-state index in [9.17, 15) is 0 Å². The van der Waals surface area contributed by atoms with Crippen molar-refractivity contribution in [2.45, 2.75) is 56.4 Å². The van der Waals surface area contributed by atoms with Crippen molar-refractivity contribution in [3.05, 3.63) is 59.9 Å². The maximum Gasteiger partial charge on any atom is 0.112 e. The fraction of sp³-hybridized carbons (Fsp3) is 0.409. The number of hydrogen-bond acceptors (Lipinski definition) is 2. The Morgan fingerprint density at radius 3 is 2.72 bits per heavy atom. The quantitative estimate of drug-likeness (QED) is 0.460. The van der Waals surface area contributed by atoms with Gasteiger partial charge in [-0.05, 0) is 61.6 Å². The molecule has 1 aliphatic rings. The van der Waals surface area contributed by atoms with E-state index in [2.05, 4.69) is 60.0 Å². The maximum absolute atomic E-state index is 4.98. The fourth-order valence-corrected chi connectivity index (χ4v) is 4.20. The summed E-state index contributed by atoms with van der Waals surface area (Å²) in [7, 11) is 0. The van der Waals surface area contributed by atoms with Crippen molar-refractivity contribution < 1.29 is 0 Å². The second-order valence-electron chi connectivity index (χ2n) is 6.98. The van der Waals surface area contributed by atoms with E-state index >= 15 is 0 Å². The summed E-state index contributed by atoms with van der Waals surface area (Å²) in [6.07, 6.45) is 6.13. The average molecular weight is 351 g/mol. The number of aromatic nitrogens is 2. The smallest absolute Gasteiger partial charge is 0.112 e. The van der Waals surface area contributed by atoms with Gasteiger partial charge in [-0.25, -0.2) is 4.98 Å². The van der Waals surface area contributed by atoms with E-state index < -0.39 is 0 Å². The Bertz CT molecular complexity index is 834. The molecule has 0 spiro atoms. The third-order valence-electron chi connectivity index (χ3n) is 4.85. The van der Waals surface area contributed by atoms with Crippen LogP contribution < -0.4 is 0 Å². The molecule has 0 amide bonds. The summed E-state index contributed by atoms with van der Waals surface area (Å²) in [5, 5.41) is 0. The first kappa shape index (κ1) is 16.7. The van der Waals surface area contributed by atoms with Gasteiger partial charge in [0.2, 0.25) is 0 Å². The standard InChI is InChI=1S/C22H26N2S/c1-2-15-25-19-12-13-20-21(16-19)24(22(23-20)18-10-11-18)14-6-9-17-7-4-3-5-8-17/h3-5,7-8,12-13,16,18H,2,6,9-11,14-15H2,1H3. The number of nitrogens with zero attached hydrogens (tertiary/aromatic N) is 2. The zero-order chi connectivity index (χ0) is 17.1. The molecule has 3 heteroatoms. The normalized spacial score (nSPS) is 14.3. The van der Waals surface area contributed by atoms with Gasteiger partial charge in [-0.2, -0.15) is 0 Å². The SMILES string of the molecule is CCCSc1ccc2nc(C3CC3)n(CCCc3ccccc3)c2c1. The maximum atomic E-state index is 4.98. The average Bonchev–Trinajstić information content (AvgIpc) is 3.43. The first-order chi connectivity index (χ1) is 12.3. The Kier molecular flexibility index (Phi) is 5.12. The molecule has 3 aromatic rings. The van der Waals surface area contributed by atoms with Gasteiger partial charge in [0.15, 0.2) is 0 Å². The number of aryl methyl sites for hydroxylation is 2. The highest BCUT2D eigenvalue weighted by molar-refractivity contribution is 7.99. The highest BCUT2D eigenvalue weighted by Crippen LogP contribution is 2.41. The second-order valence-corrected chi connectivity index (χ2v) is 8.15. The topological polar surface area (TPSA) is 17.8 Å². The van der Waals surface area contributed by atoms with E-state index in [-0.39, 0.29) is 0 Å². The molecule has 1 aromatic heterocycles. The summed E-state index contributed by atoms with van der Waals surface area (Å²) >= 11 is 1.96. The van der Waals surface area contributed by atoms with Crippen LogP contribution in [0.2, 0.25) is 0 Å². The minimum absolute atomic E-state index is 0.691. The van der Waals surface area contributed by atoms with Crippen LogP contribution in [0.25, 0.3) is 11.0 Å². The number of hydrogen-bond donors (Lipinski definition) is 0. The lowest BCUT2D eigenvalue weighted by molar-refractivity contribution is 0.626. The number of thioether (sulfide) groups is 1. The summed E-state index contributed by atoms with van der Waals surface area (Å²) in [5.74, 6) is 3.19. The van der Waals surface area contributed by atoms with Crippen LogP contribution in [0.4, 0.5) is 0 Å². The van der Waals surface area contributed by atoms with Gasteiger partial charge in [0, 0.05) is 17.4 Å². The Morgan fingerprint density at radius 1 is 1.12 bits per heavy atom. The molecule has 0 saturated heterocycles. The molecule has 4 rings (SSSR count). The third kappa shape index (κ3) is 3.92. The molecule has 25 heavy (non-hydrogen) atoms. The molecule has 1 aliphatic carbocycles. The Morgan fingerprint density at radius 2 is 1.96 bits per heavy atom. The number of rotatable bonds is 8. The van der Waals surface area contributed by atoms with Gasteiger partial charge in [0.1, 0.15) is 5.82 Å². The third-order valence-corrected chi connectivity index (χ3v) is 6.05. The summed E-state index contributed by atoms with van der Waals surface area (Å²) in [5.41, 5.74) is 3.93. The highest BCUT2D eigenvalue weighted by atomic mass is 32.2. The van der Waals surface area contributed by atoms with Crippen molar-refractivity contribution in [2.75, 3.05) is 5.75 Å². The minimum atomic E-state index is 0.691. The number of fused-ring (bicyclic) bond motifs is 1. The second kappa shape index (κ2) is 7.65. The van der Waals surface area contributed by atoms with E-state index in [1.165, 1.54) is 58.8 Å². The van der Waals surface area contributed by atoms with Crippen LogP contribution in [-0.2, 0) is 13.0 Å². The van der Waals surface area contributed by atoms with Crippen molar-refractivity contribution >= 4 is 22.8 Å². The monoisotopic (exact) mass is 350 g/mol. The van der Waals surface area contributed by atoms with Gasteiger partial charge in [0.25, 0.3) is 0 Å². The van der Waals surface area contributed by atoms with Gasteiger partial charge in [0.05, 0.1) is 11.0 Å². The van der Waals surface area contributed by atoms with E-state index in [1.807, 2.05) is 11.8 Å². The Balaban J connectivity index is 1.57. The van der Waals surface area contributed by atoms with Gasteiger partial charge in [-0.15, -0.1) is 11.8 Å². The molecule has 0 radical (unpaired) electrons. The lowest BCUT2D eigenvalue weighted by Crippen LogP contribution is -2.04. The molecule has 0 N–H and O–H groups in total. The van der Waals surface area contributed by atoms with E-state index in [1.54, 1.807) is 0 Å². The summed E-state index contributed by atoms with van der Waals surface area (Å²) < 4.78 is 2.51. The molecular weight excluding hydrogens is 324 g/mol. The van der Waals surface area contributed by atoms with Crippen molar-refractivity contribution in [3.8, 4) is 0 Å². The zero-order valence-corrected chi connectivity index (χ0v) is 15.8. The summed E-state index contributed by atoms with van der Waals surface area (Å²) in [6.45, 7) is 3.31. The summed E-state index contributed by atoms with van der Waals surface area (Å²) in [6, 6.07) is 17.6. The van der Waals surface area contributed by atoms with E-state index in [0.29, 0.717) is 5.92 Å². The Hall–Kier alpha value is -1.74. The molecule has 1 fully saturated rings. The van der Waals surface area contributed by atoms with Crippen molar-refractivity contribution in [2.24, 2.45) is 0 Å². The van der Waals surface area contributed by atoms with Crippen LogP contribution in [0.15, 0.2) is 53.4 Å². The largest absolute Gasteiger partial charge is 0.328 e. The lowest BCUT2D eigenvalue weighted by atomic mass is 10.1. The van der Waals surface area contributed by atoms with Gasteiger partial charge >= 0.3 is 0 Å². The van der Waals surface area contributed by atoms with Crippen LogP contribution in [0.3, 0.4) is 0 Å². The molecule has 130 valence electrons. The van der Waals surface area contributed by atoms with Crippen LogP contribution in [0.5, 0.6) is 0 Å². The molecule has 2 nitrogen and oxygen atoms in total. The molecular formula is C22H26N2S. The van der Waals surface area contributed by atoms with Gasteiger partial charge in [-0.3, -0.25) is 0 Å². The van der Waals surface area contributed by atoms with Gasteiger partial charge in [-0.1, -0.05) is 37.3 Å². The molecule has 0 bridgehead atoms. The molecule has 0 aliphatic heterocycles. The molecule has 1 heterocycles. The predicted octanol–water partition coefficient (Wildman–Crippen LogP) is 6.05. The number of benzene rings is 2. The van der Waals surface area contributed by atoms with E-state index in [4.69, 9.17) is 4.98 Å². The predicted molar refractivity (Wildman–Crippen MR) is 107 cm³/mol. The van der Waals surface area contributed by atoms with Crippen molar-refractivity contribution in [1.29, 1.82) is 0 Å². The highest BCUT2D eigenvalue weighted by Gasteiger charge is 2.29. The van der Waals surface area contributed by atoms with E-state index in [0.717, 1.165) is 13.0 Å². The fourth-order valence-electron chi connectivity index (χ4n) is 3.41. The summed E-state index contributed by atoms with van der Waals surface area (Å²) in [4.78, 5) is 6.35. The lowest BCUT2D eigenvalue weighted by Gasteiger charge is -2.09. The minimum Gasteiger partial charge on any atom is -0.328 e. The molecule has 1 saturated carbocycles. The van der Waals surface area contributed by atoms with Gasteiger partial charge < -0.3 is 4.57 Å². The molecule has 0 unspecified atom stereocenters. The molecule has 2 aromatic carbocycles. The van der Waals surface area contributed by atoms with Crippen LogP contribution in [-0.4, -0.2) is 15.3 Å². The molecule has 0 atom stereocenters. The van der Waals surface area contributed by atoms with Crippen LogP contribution in [0.1, 0.15) is 49.9 Å². The first-order valence-corrected chi connectivity index (χ1v) is 10.5. The van der Waals surface area contributed by atoms with Crippen molar-refractivity contribution in [3.63, 3.8) is 0 Å². The number of imidazole rings is 1. The van der Waals surface area contributed by atoms with Crippen molar-refractivity contribution in [1.82, 2.24) is 9.55 Å².